The highest BCUT2D eigenvalue weighted by Crippen LogP contribution is 2.32. The minimum absolute atomic E-state index is 0.153. The van der Waals surface area contributed by atoms with Crippen LogP contribution in [0.1, 0.15) is 30.7 Å². The van der Waals surface area contributed by atoms with Crippen LogP contribution in [0.25, 0.3) is 11.5 Å². The van der Waals surface area contributed by atoms with E-state index in [2.05, 4.69) is 10.2 Å². The topological polar surface area (TPSA) is 67.6 Å². The predicted octanol–water partition coefficient (Wildman–Crippen LogP) is 4.30. The Hall–Kier alpha value is -3.12. The van der Waals surface area contributed by atoms with Crippen LogP contribution in [0, 0.1) is 6.92 Å². The van der Waals surface area contributed by atoms with Crippen molar-refractivity contribution < 1.29 is 13.9 Å². The number of fused-ring (bicyclic) bond motifs is 2. The van der Waals surface area contributed by atoms with E-state index in [0.717, 1.165) is 47.9 Å². The first kappa shape index (κ1) is 18.9. The van der Waals surface area contributed by atoms with Gasteiger partial charge in [0.2, 0.25) is 11.8 Å². The lowest BCUT2D eigenvalue weighted by molar-refractivity contribution is -0.121. The van der Waals surface area contributed by atoms with Gasteiger partial charge in [-0.25, -0.2) is 4.98 Å². The molecule has 3 heterocycles. The number of aryl methyl sites for hydroxylation is 1. The van der Waals surface area contributed by atoms with Crippen LogP contribution >= 0.6 is 0 Å². The fourth-order valence-corrected chi connectivity index (χ4v) is 4.42. The summed E-state index contributed by atoms with van der Waals surface area (Å²) in [6.07, 6.45) is 2.76. The number of aromatic nitrogens is 1. The molecule has 1 N–H and O–H groups in total. The van der Waals surface area contributed by atoms with Gasteiger partial charge < -0.3 is 14.5 Å². The quantitative estimate of drug-likeness (QED) is 0.688. The van der Waals surface area contributed by atoms with Crippen LogP contribution in [-0.2, 0) is 11.3 Å². The Morgan fingerprint density at radius 2 is 1.90 bits per heavy atom. The van der Waals surface area contributed by atoms with Gasteiger partial charge in [0.25, 0.3) is 0 Å². The standard InChI is InChI=1S/C24H25N3O3/c1-16-22(15-27-18-10-11-19(27)14-25-23(28)13-18)26-24(29-16)17-6-5-9-21(12-17)30-20-7-3-2-4-8-20/h2-9,12,18-19H,10-11,13-15H2,1H3,(H,25,28)/t18-,19+/m1/s1. The maximum atomic E-state index is 11.9. The molecule has 1 amide bonds. The Kier molecular flexibility index (Phi) is 5.01. The third-order valence-corrected chi connectivity index (χ3v) is 6.01. The van der Waals surface area contributed by atoms with Gasteiger partial charge in [-0.05, 0) is 50.1 Å². The van der Waals surface area contributed by atoms with Gasteiger partial charge in [-0.2, -0.15) is 0 Å². The van der Waals surface area contributed by atoms with Crippen molar-refractivity contribution in [3.8, 4) is 23.0 Å². The summed E-state index contributed by atoms with van der Waals surface area (Å²) in [6.45, 7) is 3.39. The van der Waals surface area contributed by atoms with Crippen molar-refractivity contribution in [2.75, 3.05) is 6.54 Å². The molecule has 2 saturated heterocycles. The third kappa shape index (κ3) is 3.83. The average Bonchev–Trinajstić information content (AvgIpc) is 3.25. The molecule has 2 aromatic carbocycles. The Balaban J connectivity index is 1.36. The number of oxazole rings is 1. The van der Waals surface area contributed by atoms with Gasteiger partial charge in [-0.15, -0.1) is 0 Å². The molecule has 2 fully saturated rings. The highest BCUT2D eigenvalue weighted by Gasteiger charge is 2.38. The van der Waals surface area contributed by atoms with Gasteiger partial charge in [0.15, 0.2) is 0 Å². The molecule has 0 unspecified atom stereocenters. The lowest BCUT2D eigenvalue weighted by Crippen LogP contribution is -2.37. The maximum Gasteiger partial charge on any atom is 0.226 e. The summed E-state index contributed by atoms with van der Waals surface area (Å²) in [4.78, 5) is 19.1. The summed E-state index contributed by atoms with van der Waals surface area (Å²) in [5.41, 5.74) is 1.82. The van der Waals surface area contributed by atoms with Crippen molar-refractivity contribution in [1.82, 2.24) is 15.2 Å². The Morgan fingerprint density at radius 1 is 1.10 bits per heavy atom. The summed E-state index contributed by atoms with van der Waals surface area (Å²) in [5.74, 6) is 3.10. The molecule has 2 bridgehead atoms. The fraction of sp³-hybridized carbons (Fsp3) is 0.333. The second kappa shape index (κ2) is 7.95. The van der Waals surface area contributed by atoms with Gasteiger partial charge >= 0.3 is 0 Å². The van der Waals surface area contributed by atoms with Crippen LogP contribution in [-0.4, -0.2) is 34.4 Å². The van der Waals surface area contributed by atoms with E-state index < -0.39 is 0 Å². The van der Waals surface area contributed by atoms with Crippen LogP contribution in [0.3, 0.4) is 0 Å². The molecule has 30 heavy (non-hydrogen) atoms. The van der Waals surface area contributed by atoms with Crippen molar-refractivity contribution in [2.45, 2.75) is 44.8 Å². The van der Waals surface area contributed by atoms with Gasteiger partial charge in [0, 0.05) is 37.2 Å². The van der Waals surface area contributed by atoms with Crippen LogP contribution in [0.5, 0.6) is 11.5 Å². The smallest absolute Gasteiger partial charge is 0.226 e. The number of amides is 1. The monoisotopic (exact) mass is 403 g/mol. The third-order valence-electron chi connectivity index (χ3n) is 6.01. The van der Waals surface area contributed by atoms with Crippen LogP contribution < -0.4 is 10.1 Å². The van der Waals surface area contributed by atoms with E-state index in [1.165, 1.54) is 0 Å². The van der Waals surface area contributed by atoms with Crippen molar-refractivity contribution in [3.63, 3.8) is 0 Å². The summed E-state index contributed by atoms with van der Waals surface area (Å²) in [7, 11) is 0. The summed E-state index contributed by atoms with van der Waals surface area (Å²) < 4.78 is 12.0. The van der Waals surface area contributed by atoms with E-state index in [0.29, 0.717) is 30.9 Å². The van der Waals surface area contributed by atoms with E-state index >= 15 is 0 Å². The number of carbonyl (C=O) groups is 1. The minimum Gasteiger partial charge on any atom is -0.457 e. The zero-order chi connectivity index (χ0) is 20.5. The molecule has 2 aliphatic rings. The summed E-state index contributed by atoms with van der Waals surface area (Å²) in [6, 6.07) is 18.2. The molecule has 3 aromatic rings. The molecule has 0 spiro atoms. The van der Waals surface area contributed by atoms with E-state index in [9.17, 15) is 4.79 Å². The van der Waals surface area contributed by atoms with Crippen LogP contribution in [0.2, 0.25) is 0 Å². The van der Waals surface area contributed by atoms with E-state index in [-0.39, 0.29) is 5.91 Å². The van der Waals surface area contributed by atoms with Crippen LogP contribution in [0.4, 0.5) is 0 Å². The van der Waals surface area contributed by atoms with E-state index in [1.54, 1.807) is 0 Å². The average molecular weight is 403 g/mol. The number of hydrogen-bond acceptors (Lipinski definition) is 5. The van der Waals surface area contributed by atoms with Gasteiger partial charge in [0.05, 0.1) is 5.69 Å². The predicted molar refractivity (Wildman–Crippen MR) is 113 cm³/mol. The maximum absolute atomic E-state index is 11.9. The largest absolute Gasteiger partial charge is 0.457 e. The zero-order valence-electron chi connectivity index (χ0n) is 17.0. The first-order chi connectivity index (χ1) is 14.7. The van der Waals surface area contributed by atoms with Crippen molar-refractivity contribution in [1.29, 1.82) is 0 Å². The Morgan fingerprint density at radius 3 is 2.77 bits per heavy atom. The normalized spacial score (nSPS) is 21.3. The molecule has 6 heteroatoms. The molecule has 0 saturated carbocycles. The van der Waals surface area contributed by atoms with E-state index in [1.807, 2.05) is 61.5 Å². The first-order valence-corrected chi connectivity index (χ1v) is 10.5. The highest BCUT2D eigenvalue weighted by atomic mass is 16.5. The Bertz CT molecular complexity index is 1050. The lowest BCUT2D eigenvalue weighted by Gasteiger charge is -2.26. The minimum atomic E-state index is 0.153. The number of benzene rings is 2. The molecule has 5 rings (SSSR count). The first-order valence-electron chi connectivity index (χ1n) is 10.5. The number of nitrogens with zero attached hydrogens (tertiary/aromatic N) is 2. The molecule has 1 aromatic heterocycles. The second-order valence-corrected chi connectivity index (χ2v) is 8.03. The molecule has 0 aliphatic carbocycles. The molecule has 0 radical (unpaired) electrons. The van der Waals surface area contributed by atoms with E-state index in [4.69, 9.17) is 14.1 Å². The van der Waals surface area contributed by atoms with Gasteiger partial charge in [-0.3, -0.25) is 9.69 Å². The van der Waals surface area contributed by atoms with Crippen molar-refractivity contribution >= 4 is 5.91 Å². The molecule has 2 atom stereocenters. The SMILES string of the molecule is Cc1oc(-c2cccc(Oc3ccccc3)c2)nc1CN1[C@@H]2CC[C@H]1CNC(=O)C2. The van der Waals surface area contributed by atoms with Gasteiger partial charge in [-0.1, -0.05) is 24.3 Å². The lowest BCUT2D eigenvalue weighted by atomic mass is 10.1. The highest BCUT2D eigenvalue weighted by molar-refractivity contribution is 5.77. The number of para-hydroxylation sites is 1. The van der Waals surface area contributed by atoms with Crippen LogP contribution in [0.15, 0.2) is 59.0 Å². The number of carbonyl (C=O) groups excluding carboxylic acids is 1. The Labute approximate surface area is 175 Å². The number of nitrogens with one attached hydrogen (secondary N) is 1. The van der Waals surface area contributed by atoms with Crippen molar-refractivity contribution in [2.24, 2.45) is 0 Å². The van der Waals surface area contributed by atoms with Crippen molar-refractivity contribution in [3.05, 3.63) is 66.1 Å². The molecule has 2 aliphatic heterocycles. The molecule has 6 nitrogen and oxygen atoms in total. The summed E-state index contributed by atoms with van der Waals surface area (Å²) >= 11 is 0. The molecule has 154 valence electrons. The fourth-order valence-electron chi connectivity index (χ4n) is 4.42. The second-order valence-electron chi connectivity index (χ2n) is 8.03. The number of rotatable bonds is 5. The molecular weight excluding hydrogens is 378 g/mol. The molecular formula is C24H25N3O3. The summed E-state index contributed by atoms with van der Waals surface area (Å²) in [5, 5.41) is 3.03. The number of ether oxygens (including phenoxy) is 1. The van der Waals surface area contributed by atoms with Gasteiger partial charge in [0.1, 0.15) is 17.3 Å². The number of hydrogen-bond donors (Lipinski definition) is 1. The zero-order valence-corrected chi connectivity index (χ0v) is 17.0.